The number of nitrogens with zero attached hydrogens (tertiary/aromatic N) is 5. The van der Waals surface area contributed by atoms with Crippen LogP contribution in [0.25, 0.3) is 10.9 Å². The molecule has 4 aliphatic heterocycles. The Kier molecular flexibility index (Phi) is 36.0. The van der Waals surface area contributed by atoms with Gasteiger partial charge in [-0.3, -0.25) is 76.8 Å². The van der Waals surface area contributed by atoms with Crippen LogP contribution in [0.1, 0.15) is 125 Å². The van der Waals surface area contributed by atoms with E-state index in [1.807, 2.05) is 36.1 Å². The number of fused-ring (bicyclic) bond motifs is 5. The summed E-state index contributed by atoms with van der Waals surface area (Å²) >= 11 is 0.855. The Balaban J connectivity index is 0.958. The molecule has 0 spiro atoms. The number of ether oxygens (including phenoxy) is 1. The number of amides is 14. The molecule has 5 heterocycles. The number of rotatable bonds is 22. The Bertz CT molecular complexity index is 5250. The van der Waals surface area contributed by atoms with Crippen LogP contribution in [-0.2, 0) is 115 Å². The fourth-order valence-corrected chi connectivity index (χ4v) is 18.2. The van der Waals surface area contributed by atoms with Gasteiger partial charge in [-0.25, -0.2) is 0 Å². The average molecular weight is 1850 g/mol. The smallest absolute Gasteiger partial charge is 0.305 e. The van der Waals surface area contributed by atoms with Crippen molar-refractivity contribution >= 4 is 111 Å². The topological polar surface area (TPSA) is 496 Å². The number of likely N-dealkylation sites (N-methyl/N-ethyl adjacent to an activating group) is 3. The maximum absolute atomic E-state index is 15.7. The number of nitrogens with two attached hydrogens (primary N) is 1. The number of carbonyl (C=O) groups excluding carboxylic acids is 14. The molecule has 4 aliphatic rings. The van der Waals surface area contributed by atoms with E-state index in [0.717, 1.165) is 22.0 Å². The van der Waals surface area contributed by atoms with E-state index in [4.69, 9.17) is 10.5 Å². The van der Waals surface area contributed by atoms with Gasteiger partial charge in [-0.1, -0.05) is 173 Å². The average Bonchev–Trinajstić information content (AvgIpc) is 1.59. The zero-order valence-electron chi connectivity index (χ0n) is 75.8. The molecular formula is C97H122N16O19S. The number of unbranched alkanes of at least 4 members (excludes halogenated alkanes) is 1. The summed E-state index contributed by atoms with van der Waals surface area (Å²) in [5.74, 6) is -14.2. The number of epoxide rings is 1. The van der Waals surface area contributed by atoms with Crippen molar-refractivity contribution in [3.05, 3.63) is 203 Å². The van der Waals surface area contributed by atoms with Gasteiger partial charge in [-0.05, 0) is 121 Å². The highest BCUT2D eigenvalue weighted by Crippen LogP contribution is 2.37. The first-order valence-electron chi connectivity index (χ1n) is 45.2. The molecule has 0 aliphatic carbocycles. The van der Waals surface area contributed by atoms with Crippen LogP contribution in [-0.4, -0.2) is 277 Å². The zero-order valence-corrected chi connectivity index (χ0v) is 76.7. The number of para-hydroxylation sites is 1. The van der Waals surface area contributed by atoms with Gasteiger partial charge in [0, 0.05) is 89.2 Å². The van der Waals surface area contributed by atoms with E-state index < -0.39 is 198 Å². The number of aromatic amines is 1. The van der Waals surface area contributed by atoms with Crippen molar-refractivity contribution in [1.29, 1.82) is 0 Å². The molecule has 7 aromatic rings. The van der Waals surface area contributed by atoms with Gasteiger partial charge < -0.3 is 98.2 Å². The number of aliphatic carboxylic acids is 1. The number of aromatic hydroxyl groups is 2. The Morgan fingerprint density at radius 2 is 1.03 bits per heavy atom. The van der Waals surface area contributed by atoms with Crippen LogP contribution in [0, 0.1) is 5.92 Å². The Hall–Kier alpha value is -13.2. The third kappa shape index (κ3) is 27.9. The van der Waals surface area contributed by atoms with E-state index in [1.54, 1.807) is 123 Å². The highest BCUT2D eigenvalue weighted by atomic mass is 32.2. The Morgan fingerprint density at radius 3 is 1.65 bits per heavy atom. The second-order valence-electron chi connectivity index (χ2n) is 35.0. The number of phenols is 2. The predicted octanol–water partition coefficient (Wildman–Crippen LogP) is 3.34. The number of hydrogen-bond acceptors (Lipinski definition) is 20. The summed E-state index contributed by atoms with van der Waals surface area (Å²) in [5, 5.41) is 57.0. The van der Waals surface area contributed by atoms with Gasteiger partial charge in [-0.2, -0.15) is 0 Å². The standard InChI is InChI=1S/C97H122N16O19S/c1-8-9-32-78-96(131)112-44-23-34-76(112)90(125)107-73(52-83(118)119)86(121)101-58(4)93(128)110(6)79(49-60-26-15-11-16-27-60)92(127)103-69(46-62-35-39-65(114)40-36-62)84-97(132-84)113-43-22-21-33-77(113)91(126)106-72(51-64-53-99-68-31-20-19-30-67(64)68)89(124)105-71(47-63-37-41-66(115)42-38-63)88(123)104-70(45-57(2)3)87(122)108-75(85(120)100-54-81(98)116)55-133-56-82(117)102-74(48-59-24-13-10-14-25-59)94(129)111(7)80(95(130)109(78)5)50-61-28-17-12-18-29-61/h10-20,24-31,35-42,53,57-58,69-80,84,97,99,114-115H,8-9,21-23,32-34,43-52,54-56H2,1-7H3,(H2,98,116)(H,100,120)(H,101,121)(H,102,117)(H,103,127)(H,104,123)(H,105,124)(H,106,126)(H,107,125)(H,108,122)(H,118,119)/t58-,69-,70-,71-,72-,73-,74-,75-,76+,77?,78-,79?,80?,84?,97?/m0/s1. The number of benzene rings is 6. The summed E-state index contributed by atoms with van der Waals surface area (Å²) in [6, 6.07) is 27.8. The zero-order chi connectivity index (χ0) is 95.7. The quantitative estimate of drug-likeness (QED) is 0.0433. The van der Waals surface area contributed by atoms with Crippen molar-refractivity contribution in [2.24, 2.45) is 11.7 Å². The van der Waals surface area contributed by atoms with Crippen LogP contribution in [0.4, 0.5) is 0 Å². The van der Waals surface area contributed by atoms with Crippen molar-refractivity contribution < 1.29 is 92.0 Å². The molecule has 1 aromatic heterocycles. The molecule has 15 N–H and O–H groups in total. The van der Waals surface area contributed by atoms with Gasteiger partial charge in [0.1, 0.15) is 90.3 Å². The monoisotopic (exact) mass is 1850 g/mol. The highest BCUT2D eigenvalue weighted by Gasteiger charge is 2.54. The Morgan fingerprint density at radius 1 is 0.511 bits per heavy atom. The van der Waals surface area contributed by atoms with E-state index in [0.29, 0.717) is 71.1 Å². The third-order valence-electron chi connectivity index (χ3n) is 24.6. The van der Waals surface area contributed by atoms with Crippen LogP contribution in [0.2, 0.25) is 0 Å². The summed E-state index contributed by atoms with van der Waals surface area (Å²) in [6.45, 7) is 6.40. The number of carboxylic acids is 1. The van der Waals surface area contributed by atoms with Crippen molar-refractivity contribution in [2.45, 2.75) is 221 Å². The number of phenolic OH excluding ortho intramolecular Hbond substituents is 2. The molecule has 11 rings (SSSR count). The molecule has 5 unspecified atom stereocenters. The summed E-state index contributed by atoms with van der Waals surface area (Å²) in [6.07, 6.45) is 1.10. The largest absolute Gasteiger partial charge is 0.508 e. The molecular weight excluding hydrogens is 1730 g/mol. The number of primary amides is 1. The van der Waals surface area contributed by atoms with Gasteiger partial charge in [-0.15, -0.1) is 11.8 Å². The number of nitrogens with one attached hydrogen (secondary N) is 10. The number of thioether (sulfide) groups is 1. The van der Waals surface area contributed by atoms with Crippen molar-refractivity contribution in [3.8, 4) is 11.5 Å². The number of carboxylic acid groups (broad SMARTS) is 1. The fourth-order valence-electron chi connectivity index (χ4n) is 17.4. The highest BCUT2D eigenvalue weighted by molar-refractivity contribution is 8.00. The van der Waals surface area contributed by atoms with Crippen LogP contribution >= 0.6 is 11.8 Å². The lowest BCUT2D eigenvalue weighted by molar-refractivity contribution is -0.152. The van der Waals surface area contributed by atoms with Gasteiger partial charge >= 0.3 is 5.97 Å². The van der Waals surface area contributed by atoms with Crippen LogP contribution in [0.5, 0.6) is 11.5 Å². The van der Waals surface area contributed by atoms with Gasteiger partial charge in [0.15, 0.2) is 0 Å². The van der Waals surface area contributed by atoms with E-state index in [9.17, 15) is 44.1 Å². The number of hydrogen-bond donors (Lipinski definition) is 14. The van der Waals surface area contributed by atoms with Gasteiger partial charge in [0.25, 0.3) is 0 Å². The van der Waals surface area contributed by atoms with Crippen molar-refractivity contribution in [1.82, 2.24) is 77.3 Å². The molecule has 4 fully saturated rings. The molecule has 710 valence electrons. The van der Waals surface area contributed by atoms with E-state index in [1.165, 1.54) is 79.2 Å². The number of carbonyl (C=O) groups is 15. The number of piperidine rings is 1. The summed E-state index contributed by atoms with van der Waals surface area (Å²) in [7, 11) is 4.18. The molecule has 0 radical (unpaired) electrons. The molecule has 15 atom stereocenters. The SMILES string of the molecule is CCCC[C@H]1C(=O)N2CCC[C@@H]2C(=O)N[C@@H](CC(=O)O)C(=O)N[C@@H](C)C(=O)N(C)C(Cc2ccccc2)C(=O)N[C@@H](Cc2ccc(O)cc2)C2OC2N2CCCCC2C(=O)N[C@@H](Cc2c[nH]c3ccccc23)C(=O)N[C@@H](Cc2ccc(O)cc2)C(=O)N[C@@H](CC(C)C)C(=O)N[C@H](C(=O)NCC(N)=O)CSCC(=O)N[C@@H](Cc2ccccc2)C(=O)N(C)C(Cc2ccccc2)C(=O)N1C. The molecule has 4 saturated heterocycles. The molecule has 36 heteroatoms. The van der Waals surface area contributed by atoms with Gasteiger partial charge in [0.2, 0.25) is 82.7 Å². The Labute approximate surface area is 776 Å². The summed E-state index contributed by atoms with van der Waals surface area (Å²) in [4.78, 5) is 232. The first-order chi connectivity index (χ1) is 63.7. The molecule has 0 saturated carbocycles. The second kappa shape index (κ2) is 47.7. The maximum atomic E-state index is 15.7. The summed E-state index contributed by atoms with van der Waals surface area (Å²) < 4.78 is 6.61. The van der Waals surface area contributed by atoms with E-state index >= 15 is 43.2 Å². The normalized spacial score (nSPS) is 25.2. The minimum Gasteiger partial charge on any atom is -0.508 e. The van der Waals surface area contributed by atoms with E-state index in [2.05, 4.69) is 52.8 Å². The molecule has 0 bridgehead atoms. The van der Waals surface area contributed by atoms with Crippen LogP contribution < -0.4 is 53.6 Å². The number of aromatic nitrogens is 1. The minimum atomic E-state index is -1.84. The van der Waals surface area contributed by atoms with Crippen molar-refractivity contribution in [2.75, 3.05) is 52.3 Å². The molecule has 133 heavy (non-hydrogen) atoms. The number of H-pyrrole nitrogens is 1. The molecule has 6 aromatic carbocycles. The third-order valence-corrected chi connectivity index (χ3v) is 25.7. The fraction of sp³-hybridized carbons (Fsp3) is 0.454. The second-order valence-corrected chi connectivity index (χ2v) is 36.1. The molecule has 35 nitrogen and oxygen atoms in total. The first kappa shape index (κ1) is 100. The lowest BCUT2D eigenvalue weighted by atomic mass is 9.97. The van der Waals surface area contributed by atoms with E-state index in [-0.39, 0.29) is 100 Å². The maximum Gasteiger partial charge on any atom is 0.305 e. The predicted molar refractivity (Wildman–Crippen MR) is 495 cm³/mol. The van der Waals surface area contributed by atoms with Gasteiger partial charge in [0.05, 0.1) is 30.8 Å². The van der Waals surface area contributed by atoms with Crippen LogP contribution in [0.3, 0.4) is 0 Å². The summed E-state index contributed by atoms with van der Waals surface area (Å²) in [5.41, 5.74) is 9.74. The van der Waals surface area contributed by atoms with Crippen molar-refractivity contribution in [3.63, 3.8) is 0 Å². The lowest BCUT2D eigenvalue weighted by Crippen LogP contribution is -2.61. The lowest BCUT2D eigenvalue weighted by Gasteiger charge is -2.38. The molecule has 14 amide bonds. The first-order valence-corrected chi connectivity index (χ1v) is 46.4. The van der Waals surface area contributed by atoms with Crippen LogP contribution in [0.15, 0.2) is 170 Å². The minimum absolute atomic E-state index is 0.000847.